The zero-order valence-electron chi connectivity index (χ0n) is 11.2. The molecule has 0 aliphatic carbocycles. The second kappa shape index (κ2) is 6.42. The zero-order valence-corrected chi connectivity index (χ0v) is 13.0. The van der Waals surface area contributed by atoms with E-state index in [4.69, 9.17) is 4.55 Å². The molecule has 0 saturated heterocycles. The van der Waals surface area contributed by atoms with Gasteiger partial charge in [0.1, 0.15) is 0 Å². The molecule has 0 radical (unpaired) electrons. The van der Waals surface area contributed by atoms with Crippen LogP contribution in [0.2, 0.25) is 0 Å². The molecule has 0 spiro atoms. The van der Waals surface area contributed by atoms with Gasteiger partial charge in [-0.15, -0.1) is 0 Å². The Kier molecular flexibility index (Phi) is 7.39. The monoisotopic (exact) mass is 284 g/mol. The molecule has 5 nitrogen and oxygen atoms in total. The van der Waals surface area contributed by atoms with Crippen molar-refractivity contribution in [3.8, 4) is 0 Å². The summed E-state index contributed by atoms with van der Waals surface area (Å²) in [5.74, 6) is -0.948. The molecule has 0 aromatic rings. The molecule has 0 aromatic heterocycles. The molecule has 17 heavy (non-hydrogen) atoms. The van der Waals surface area contributed by atoms with Crippen LogP contribution in [0.4, 0.5) is 8.78 Å². The van der Waals surface area contributed by atoms with Crippen molar-refractivity contribution >= 4 is 16.1 Å². The van der Waals surface area contributed by atoms with E-state index in [2.05, 4.69) is 4.74 Å². The molecule has 98 valence electrons. The SMILES string of the molecule is CC(C)(C)CC(=O)OCC(F)(F)S(=O)(=O)O.[H-].[Na+]. The van der Waals surface area contributed by atoms with Crippen molar-refractivity contribution < 1.29 is 62.3 Å². The normalized spacial score (nSPS) is 12.8. The van der Waals surface area contributed by atoms with Gasteiger partial charge in [-0.05, 0) is 5.41 Å². The minimum absolute atomic E-state index is 0. The first-order valence-corrected chi connectivity index (χ1v) is 5.80. The van der Waals surface area contributed by atoms with E-state index in [9.17, 15) is 22.0 Å². The number of halogens is 2. The second-order valence-corrected chi connectivity index (χ2v) is 6.06. The smallest absolute Gasteiger partial charge is 1.00 e. The fourth-order valence-electron chi connectivity index (χ4n) is 0.723. The van der Waals surface area contributed by atoms with Crippen molar-refractivity contribution in [3.05, 3.63) is 0 Å². The minimum Gasteiger partial charge on any atom is -1.00 e. The van der Waals surface area contributed by atoms with Crippen molar-refractivity contribution in [3.63, 3.8) is 0 Å². The van der Waals surface area contributed by atoms with Gasteiger partial charge in [-0.2, -0.15) is 17.2 Å². The Bertz CT molecular complexity index is 366. The summed E-state index contributed by atoms with van der Waals surface area (Å²) in [5.41, 5.74) is -0.454. The summed E-state index contributed by atoms with van der Waals surface area (Å²) in [6.07, 6.45) is -0.130. The van der Waals surface area contributed by atoms with Gasteiger partial charge in [0.15, 0.2) is 6.61 Å². The van der Waals surface area contributed by atoms with Crippen LogP contribution in [0.1, 0.15) is 28.6 Å². The van der Waals surface area contributed by atoms with Crippen LogP contribution >= 0.6 is 0 Å². The number of alkyl halides is 2. The van der Waals surface area contributed by atoms with Gasteiger partial charge in [0.25, 0.3) is 0 Å². The molecule has 9 heteroatoms. The van der Waals surface area contributed by atoms with E-state index >= 15 is 0 Å². The largest absolute Gasteiger partial charge is 1.00 e. The first-order valence-electron chi connectivity index (χ1n) is 4.36. The molecule has 0 aromatic carbocycles. The van der Waals surface area contributed by atoms with Gasteiger partial charge >= 0.3 is 50.9 Å². The van der Waals surface area contributed by atoms with Gasteiger partial charge in [0.05, 0.1) is 6.42 Å². The zero-order chi connectivity index (χ0) is 13.2. The topological polar surface area (TPSA) is 80.7 Å². The van der Waals surface area contributed by atoms with Crippen LogP contribution in [0.15, 0.2) is 0 Å². The number of carbonyl (C=O) groups is 1. The maximum Gasteiger partial charge on any atom is 1.00 e. The predicted molar refractivity (Wildman–Crippen MR) is 52.6 cm³/mol. The fraction of sp³-hybridized carbons (Fsp3) is 0.875. The van der Waals surface area contributed by atoms with E-state index in [1.807, 2.05) is 0 Å². The quantitative estimate of drug-likeness (QED) is 0.389. The Morgan fingerprint density at radius 2 is 1.76 bits per heavy atom. The first kappa shape index (κ1) is 19.6. The van der Waals surface area contributed by atoms with Crippen LogP contribution < -0.4 is 29.6 Å². The van der Waals surface area contributed by atoms with Crippen LogP contribution in [0.5, 0.6) is 0 Å². The summed E-state index contributed by atoms with van der Waals surface area (Å²) in [5, 5.41) is -4.47. The Hall–Kier alpha value is 0.240. The van der Waals surface area contributed by atoms with Crippen molar-refractivity contribution in [2.24, 2.45) is 5.41 Å². The summed E-state index contributed by atoms with van der Waals surface area (Å²) >= 11 is 0. The van der Waals surface area contributed by atoms with Crippen molar-refractivity contribution in [2.75, 3.05) is 6.61 Å². The summed E-state index contributed by atoms with van der Waals surface area (Å²) < 4.78 is 57.8. The molecule has 0 bridgehead atoms. The number of ether oxygens (including phenoxy) is 1. The maximum atomic E-state index is 12.6. The minimum atomic E-state index is -5.55. The van der Waals surface area contributed by atoms with E-state index in [1.165, 1.54) is 0 Å². The summed E-state index contributed by atoms with van der Waals surface area (Å²) in [4.78, 5) is 11.0. The van der Waals surface area contributed by atoms with Gasteiger partial charge in [0.2, 0.25) is 0 Å². The molecular weight excluding hydrogens is 269 g/mol. The standard InChI is InChI=1S/C8H14F2O5S.Na.H/c1-7(2,3)4-6(11)15-5-8(9,10)16(12,13)14;;/h4-5H2,1-3H3,(H,12,13,14);;/q;+1;-1. The summed E-state index contributed by atoms with van der Waals surface area (Å²) in [7, 11) is -5.55. The fourth-order valence-corrected chi connectivity index (χ4v) is 0.931. The van der Waals surface area contributed by atoms with E-state index in [-0.39, 0.29) is 37.4 Å². The van der Waals surface area contributed by atoms with Crippen molar-refractivity contribution in [2.45, 2.75) is 32.4 Å². The number of rotatable bonds is 4. The molecule has 0 amide bonds. The molecule has 0 aliphatic rings. The molecule has 1 N–H and O–H groups in total. The summed E-state index contributed by atoms with van der Waals surface area (Å²) in [6.45, 7) is 3.39. The summed E-state index contributed by atoms with van der Waals surface area (Å²) in [6, 6.07) is 0. The van der Waals surface area contributed by atoms with E-state index in [0.717, 1.165) is 0 Å². The maximum absolute atomic E-state index is 12.6. The number of hydrogen-bond donors (Lipinski definition) is 1. The molecular formula is C8H15F2NaO5S. The molecule has 0 fully saturated rings. The Labute approximate surface area is 122 Å². The molecule has 0 saturated carbocycles. The molecule has 0 aliphatic heterocycles. The van der Waals surface area contributed by atoms with Crippen LogP contribution in [0.25, 0.3) is 0 Å². The molecule has 0 atom stereocenters. The van der Waals surface area contributed by atoms with Crippen LogP contribution in [-0.4, -0.2) is 30.8 Å². The third-order valence-electron chi connectivity index (χ3n) is 1.45. The Balaban J connectivity index is -0.00000112. The Morgan fingerprint density at radius 3 is 2.06 bits per heavy atom. The van der Waals surface area contributed by atoms with E-state index in [1.54, 1.807) is 20.8 Å². The Morgan fingerprint density at radius 1 is 1.35 bits per heavy atom. The number of esters is 1. The third-order valence-corrected chi connectivity index (χ3v) is 2.33. The van der Waals surface area contributed by atoms with E-state index in [0.29, 0.717) is 0 Å². The van der Waals surface area contributed by atoms with Crippen molar-refractivity contribution in [1.82, 2.24) is 0 Å². The predicted octanol–water partition coefficient (Wildman–Crippen LogP) is -1.44. The molecule has 0 rings (SSSR count). The van der Waals surface area contributed by atoms with E-state index < -0.39 is 33.4 Å². The van der Waals surface area contributed by atoms with Crippen LogP contribution in [0, 0.1) is 5.41 Å². The van der Waals surface area contributed by atoms with Gasteiger partial charge in [-0.3, -0.25) is 9.35 Å². The average Bonchev–Trinajstić information content (AvgIpc) is 1.95. The average molecular weight is 284 g/mol. The third kappa shape index (κ3) is 8.04. The second-order valence-electron chi connectivity index (χ2n) is 4.51. The van der Waals surface area contributed by atoms with Gasteiger partial charge in [-0.25, -0.2) is 0 Å². The van der Waals surface area contributed by atoms with Crippen molar-refractivity contribution in [1.29, 1.82) is 0 Å². The molecule has 0 heterocycles. The number of hydrogen-bond acceptors (Lipinski definition) is 4. The van der Waals surface area contributed by atoms with Crippen LogP contribution in [0.3, 0.4) is 0 Å². The van der Waals surface area contributed by atoms with Crippen LogP contribution in [-0.2, 0) is 19.6 Å². The van der Waals surface area contributed by atoms with Gasteiger partial charge in [-0.1, -0.05) is 20.8 Å². The first-order chi connectivity index (χ1) is 6.85. The number of carbonyl (C=O) groups excluding carboxylic acids is 1. The molecule has 0 unspecified atom stereocenters. The van der Waals surface area contributed by atoms with Gasteiger partial charge in [0, 0.05) is 0 Å². The van der Waals surface area contributed by atoms with Gasteiger partial charge < -0.3 is 6.16 Å².